The lowest BCUT2D eigenvalue weighted by molar-refractivity contribution is -0.162. The summed E-state index contributed by atoms with van der Waals surface area (Å²) >= 11 is 0. The SMILES string of the molecule is CC(C)C(=O)N1CCCC[C@H]1C(=O)O[C@H](C)c1cccc(OCC(=O)O)c1. The predicted octanol–water partition coefficient (Wildman–Crippen LogP) is 2.79. The maximum atomic E-state index is 12.7. The Morgan fingerprint density at radius 2 is 1.96 bits per heavy atom. The molecule has 1 amide bonds. The van der Waals surface area contributed by atoms with E-state index in [4.69, 9.17) is 14.6 Å². The van der Waals surface area contributed by atoms with Crippen LogP contribution in [-0.2, 0) is 19.1 Å². The van der Waals surface area contributed by atoms with Crippen LogP contribution in [0.4, 0.5) is 0 Å². The monoisotopic (exact) mass is 377 g/mol. The number of amides is 1. The Kier molecular flexibility index (Phi) is 7.21. The third-order valence-electron chi connectivity index (χ3n) is 4.53. The molecule has 7 heteroatoms. The Labute approximate surface area is 159 Å². The minimum Gasteiger partial charge on any atom is -0.482 e. The van der Waals surface area contributed by atoms with Gasteiger partial charge in [0.05, 0.1) is 0 Å². The fourth-order valence-electron chi connectivity index (χ4n) is 3.10. The van der Waals surface area contributed by atoms with Gasteiger partial charge in [-0.05, 0) is 43.9 Å². The smallest absolute Gasteiger partial charge is 0.341 e. The van der Waals surface area contributed by atoms with Gasteiger partial charge in [0.25, 0.3) is 0 Å². The van der Waals surface area contributed by atoms with Gasteiger partial charge in [-0.2, -0.15) is 0 Å². The molecule has 1 saturated heterocycles. The van der Waals surface area contributed by atoms with Crippen molar-refractivity contribution in [1.29, 1.82) is 0 Å². The fourth-order valence-corrected chi connectivity index (χ4v) is 3.10. The van der Waals surface area contributed by atoms with E-state index in [1.807, 2.05) is 13.8 Å². The third kappa shape index (κ3) is 5.70. The van der Waals surface area contributed by atoms with Crippen LogP contribution in [0, 0.1) is 5.92 Å². The van der Waals surface area contributed by atoms with E-state index in [9.17, 15) is 14.4 Å². The van der Waals surface area contributed by atoms with E-state index in [-0.39, 0.29) is 11.8 Å². The van der Waals surface area contributed by atoms with Gasteiger partial charge in [-0.3, -0.25) is 4.79 Å². The summed E-state index contributed by atoms with van der Waals surface area (Å²) in [7, 11) is 0. The Morgan fingerprint density at radius 3 is 2.63 bits per heavy atom. The molecule has 1 fully saturated rings. The number of carbonyl (C=O) groups excluding carboxylic acids is 2. The molecule has 1 N–H and O–H groups in total. The minimum absolute atomic E-state index is 0.0339. The highest BCUT2D eigenvalue weighted by Crippen LogP contribution is 2.26. The van der Waals surface area contributed by atoms with Gasteiger partial charge in [0.2, 0.25) is 5.91 Å². The summed E-state index contributed by atoms with van der Waals surface area (Å²) in [4.78, 5) is 37.3. The second-order valence-corrected chi connectivity index (χ2v) is 7.03. The summed E-state index contributed by atoms with van der Waals surface area (Å²) in [5, 5.41) is 8.70. The summed E-state index contributed by atoms with van der Waals surface area (Å²) in [6.07, 6.45) is 1.84. The number of carbonyl (C=O) groups is 3. The third-order valence-corrected chi connectivity index (χ3v) is 4.53. The highest BCUT2D eigenvalue weighted by Gasteiger charge is 2.34. The van der Waals surface area contributed by atoms with E-state index in [1.54, 1.807) is 36.1 Å². The van der Waals surface area contributed by atoms with E-state index in [0.717, 1.165) is 12.8 Å². The summed E-state index contributed by atoms with van der Waals surface area (Å²) < 4.78 is 10.8. The highest BCUT2D eigenvalue weighted by molar-refractivity contribution is 5.85. The number of piperidine rings is 1. The van der Waals surface area contributed by atoms with E-state index >= 15 is 0 Å². The molecule has 0 spiro atoms. The van der Waals surface area contributed by atoms with Gasteiger partial charge in [0.15, 0.2) is 6.61 Å². The second kappa shape index (κ2) is 9.39. The molecule has 0 radical (unpaired) electrons. The van der Waals surface area contributed by atoms with Crippen molar-refractivity contribution in [1.82, 2.24) is 4.90 Å². The molecule has 1 aromatic rings. The van der Waals surface area contributed by atoms with Gasteiger partial charge in [-0.25, -0.2) is 9.59 Å². The molecule has 0 aliphatic carbocycles. The van der Waals surface area contributed by atoms with Gasteiger partial charge in [0, 0.05) is 12.5 Å². The maximum Gasteiger partial charge on any atom is 0.341 e. The number of esters is 1. The number of ether oxygens (including phenoxy) is 2. The molecular formula is C20H27NO6. The first-order valence-corrected chi connectivity index (χ1v) is 9.25. The van der Waals surface area contributed by atoms with Crippen molar-refractivity contribution >= 4 is 17.8 Å². The Morgan fingerprint density at radius 1 is 1.22 bits per heavy atom. The number of likely N-dealkylation sites (tertiary alicyclic amines) is 1. The maximum absolute atomic E-state index is 12.7. The molecular weight excluding hydrogens is 350 g/mol. The van der Waals surface area contributed by atoms with Gasteiger partial charge < -0.3 is 19.5 Å². The lowest BCUT2D eigenvalue weighted by atomic mass is 10.00. The predicted molar refractivity (Wildman–Crippen MR) is 98.3 cm³/mol. The van der Waals surface area contributed by atoms with Gasteiger partial charge in [-0.1, -0.05) is 26.0 Å². The molecule has 0 aromatic heterocycles. The number of carboxylic acid groups (broad SMARTS) is 1. The number of hydrogen-bond acceptors (Lipinski definition) is 5. The molecule has 2 atom stereocenters. The zero-order valence-electron chi connectivity index (χ0n) is 16.0. The van der Waals surface area contributed by atoms with Crippen LogP contribution in [0.15, 0.2) is 24.3 Å². The standard InChI is InChI=1S/C20H27NO6/c1-13(2)19(24)21-10-5-4-9-17(21)20(25)27-14(3)15-7-6-8-16(11-15)26-12-18(22)23/h6-8,11,13-14,17H,4-5,9-10,12H2,1-3H3,(H,22,23)/t14-,17+/m1/s1. The summed E-state index contributed by atoms with van der Waals surface area (Å²) in [5.74, 6) is -1.28. The Balaban J connectivity index is 2.04. The zero-order valence-corrected chi connectivity index (χ0v) is 16.0. The number of nitrogens with zero attached hydrogens (tertiary/aromatic N) is 1. The molecule has 1 aromatic carbocycles. The van der Waals surface area contributed by atoms with Crippen molar-refractivity contribution in [3.05, 3.63) is 29.8 Å². The Bertz CT molecular complexity index is 687. The van der Waals surface area contributed by atoms with Crippen molar-refractivity contribution in [2.24, 2.45) is 5.92 Å². The van der Waals surface area contributed by atoms with E-state index in [0.29, 0.717) is 24.3 Å². The fraction of sp³-hybridized carbons (Fsp3) is 0.550. The van der Waals surface area contributed by atoms with E-state index in [1.165, 1.54) is 0 Å². The van der Waals surface area contributed by atoms with Crippen LogP contribution in [0.5, 0.6) is 5.75 Å². The molecule has 27 heavy (non-hydrogen) atoms. The van der Waals surface area contributed by atoms with E-state index < -0.39 is 30.7 Å². The quantitative estimate of drug-likeness (QED) is 0.735. The summed E-state index contributed by atoms with van der Waals surface area (Å²) in [6.45, 7) is 5.52. The largest absolute Gasteiger partial charge is 0.482 e. The minimum atomic E-state index is -1.06. The lowest BCUT2D eigenvalue weighted by Crippen LogP contribution is -2.50. The van der Waals surface area contributed by atoms with Crippen molar-refractivity contribution in [3.63, 3.8) is 0 Å². The van der Waals surface area contributed by atoms with Crippen LogP contribution in [0.1, 0.15) is 51.7 Å². The number of carboxylic acids is 1. The zero-order chi connectivity index (χ0) is 20.0. The second-order valence-electron chi connectivity index (χ2n) is 7.03. The van der Waals surface area contributed by atoms with Gasteiger partial charge >= 0.3 is 11.9 Å². The van der Waals surface area contributed by atoms with Crippen molar-refractivity contribution in [3.8, 4) is 5.75 Å². The Hall–Kier alpha value is -2.57. The van der Waals surface area contributed by atoms with Crippen LogP contribution in [-0.4, -0.2) is 47.0 Å². The first-order valence-electron chi connectivity index (χ1n) is 9.25. The lowest BCUT2D eigenvalue weighted by Gasteiger charge is -2.35. The van der Waals surface area contributed by atoms with Crippen LogP contribution in [0.3, 0.4) is 0 Å². The molecule has 0 bridgehead atoms. The number of rotatable bonds is 7. The first kappa shape index (κ1) is 20.7. The van der Waals surface area contributed by atoms with Crippen LogP contribution < -0.4 is 4.74 Å². The molecule has 7 nitrogen and oxygen atoms in total. The topological polar surface area (TPSA) is 93.1 Å². The van der Waals surface area contributed by atoms with Gasteiger partial charge in [0.1, 0.15) is 17.9 Å². The van der Waals surface area contributed by atoms with Crippen molar-refractivity contribution in [2.45, 2.75) is 52.2 Å². The average Bonchev–Trinajstić information content (AvgIpc) is 2.65. The van der Waals surface area contributed by atoms with Crippen LogP contribution >= 0.6 is 0 Å². The summed E-state index contributed by atoms with van der Waals surface area (Å²) in [6, 6.07) is 6.24. The number of benzene rings is 1. The highest BCUT2D eigenvalue weighted by atomic mass is 16.5. The molecule has 2 rings (SSSR count). The van der Waals surface area contributed by atoms with E-state index in [2.05, 4.69) is 0 Å². The normalized spacial score (nSPS) is 18.1. The number of aliphatic carboxylic acids is 1. The van der Waals surface area contributed by atoms with Crippen LogP contribution in [0.25, 0.3) is 0 Å². The first-order chi connectivity index (χ1) is 12.8. The van der Waals surface area contributed by atoms with Crippen molar-refractivity contribution in [2.75, 3.05) is 13.2 Å². The molecule has 0 saturated carbocycles. The summed E-state index contributed by atoms with van der Waals surface area (Å²) in [5.41, 5.74) is 0.698. The van der Waals surface area contributed by atoms with Crippen LogP contribution in [0.2, 0.25) is 0 Å². The van der Waals surface area contributed by atoms with Gasteiger partial charge in [-0.15, -0.1) is 0 Å². The molecule has 1 heterocycles. The molecule has 148 valence electrons. The number of hydrogen-bond donors (Lipinski definition) is 1. The average molecular weight is 377 g/mol. The molecule has 1 aliphatic heterocycles. The molecule has 1 aliphatic rings. The molecule has 0 unspecified atom stereocenters. The van der Waals surface area contributed by atoms with Crippen molar-refractivity contribution < 1.29 is 29.0 Å².